The Morgan fingerprint density at radius 2 is 1.63 bits per heavy atom. The van der Waals surface area contributed by atoms with Gasteiger partial charge in [0.25, 0.3) is 0 Å². The predicted octanol–water partition coefficient (Wildman–Crippen LogP) is 5.90. The van der Waals surface area contributed by atoms with E-state index in [0.29, 0.717) is 6.61 Å². The van der Waals surface area contributed by atoms with Crippen LogP contribution in [0.1, 0.15) is 78.2 Å². The first-order valence-corrected chi connectivity index (χ1v) is 10.4. The molecule has 0 aliphatic heterocycles. The lowest BCUT2D eigenvalue weighted by Gasteiger charge is -2.08. The van der Waals surface area contributed by atoms with Crippen molar-refractivity contribution in [1.29, 1.82) is 0 Å². The summed E-state index contributed by atoms with van der Waals surface area (Å²) in [6.45, 7) is 14.7. The van der Waals surface area contributed by atoms with Crippen LogP contribution in [0.4, 0.5) is 0 Å². The standard InChI is InChI=1S/C14H19N3.C5H12O.2C2H6/c1-10-5-7-12(8-6-10)13-9-17(4)14(16-13)11(2)15-3;1-2-3-4-5-6;2*1-2/h5-9,11,15H,1-4H3;6H,2-5H2,1H3;2*1-2H3. The average molecular weight is 378 g/mol. The van der Waals surface area contributed by atoms with Gasteiger partial charge in [-0.1, -0.05) is 77.3 Å². The molecule has 0 saturated heterocycles. The second-order valence-corrected chi connectivity index (χ2v) is 5.90. The van der Waals surface area contributed by atoms with Crippen molar-refractivity contribution in [2.75, 3.05) is 13.7 Å². The summed E-state index contributed by atoms with van der Waals surface area (Å²) in [5.41, 5.74) is 3.47. The summed E-state index contributed by atoms with van der Waals surface area (Å²) in [4.78, 5) is 4.68. The van der Waals surface area contributed by atoms with E-state index in [1.165, 1.54) is 17.5 Å². The molecule has 1 unspecified atom stereocenters. The summed E-state index contributed by atoms with van der Waals surface area (Å²) < 4.78 is 2.08. The van der Waals surface area contributed by atoms with E-state index in [1.54, 1.807) is 0 Å². The SMILES string of the molecule is CC.CC.CCCCCO.CNC(C)c1nc(-c2ccc(C)cc2)cn1C. The second-order valence-electron chi connectivity index (χ2n) is 5.90. The molecule has 156 valence electrons. The summed E-state index contributed by atoms with van der Waals surface area (Å²) in [6.07, 6.45) is 5.40. The molecule has 1 aromatic carbocycles. The van der Waals surface area contributed by atoms with Gasteiger partial charge in [-0.25, -0.2) is 4.98 Å². The fourth-order valence-corrected chi connectivity index (χ4v) is 2.24. The molecule has 0 fully saturated rings. The molecule has 4 nitrogen and oxygen atoms in total. The third-order valence-electron chi connectivity index (χ3n) is 3.84. The molecule has 0 amide bonds. The van der Waals surface area contributed by atoms with Gasteiger partial charge in [0, 0.05) is 25.4 Å². The fourth-order valence-electron chi connectivity index (χ4n) is 2.24. The molecule has 0 spiro atoms. The van der Waals surface area contributed by atoms with Gasteiger partial charge in [-0.15, -0.1) is 0 Å². The van der Waals surface area contributed by atoms with Crippen LogP contribution < -0.4 is 5.32 Å². The van der Waals surface area contributed by atoms with Gasteiger partial charge in [0.1, 0.15) is 5.82 Å². The van der Waals surface area contributed by atoms with Gasteiger partial charge >= 0.3 is 0 Å². The molecule has 27 heavy (non-hydrogen) atoms. The largest absolute Gasteiger partial charge is 0.396 e. The van der Waals surface area contributed by atoms with Gasteiger partial charge in [-0.3, -0.25) is 0 Å². The Balaban J connectivity index is 0. The number of nitrogens with one attached hydrogen (secondary N) is 1. The molecular weight excluding hydrogens is 334 g/mol. The van der Waals surface area contributed by atoms with Crippen LogP contribution in [0, 0.1) is 6.92 Å². The summed E-state index contributed by atoms with van der Waals surface area (Å²) in [5, 5.41) is 11.4. The maximum absolute atomic E-state index is 8.20. The van der Waals surface area contributed by atoms with Crippen LogP contribution in [0.3, 0.4) is 0 Å². The van der Waals surface area contributed by atoms with Crippen LogP contribution >= 0.6 is 0 Å². The van der Waals surface area contributed by atoms with E-state index in [4.69, 9.17) is 5.11 Å². The molecule has 4 heteroatoms. The van der Waals surface area contributed by atoms with Crippen molar-refractivity contribution in [3.8, 4) is 11.3 Å². The van der Waals surface area contributed by atoms with Crippen LogP contribution in [0.2, 0.25) is 0 Å². The van der Waals surface area contributed by atoms with E-state index < -0.39 is 0 Å². The third kappa shape index (κ3) is 10.9. The first kappa shape index (κ1) is 27.6. The molecule has 1 atom stereocenters. The maximum Gasteiger partial charge on any atom is 0.126 e. The number of hydrogen-bond donors (Lipinski definition) is 2. The molecule has 1 aromatic heterocycles. The lowest BCUT2D eigenvalue weighted by Crippen LogP contribution is -2.16. The van der Waals surface area contributed by atoms with Gasteiger partial charge in [0.05, 0.1) is 11.7 Å². The maximum atomic E-state index is 8.20. The van der Waals surface area contributed by atoms with Crippen molar-refractivity contribution in [1.82, 2.24) is 14.9 Å². The van der Waals surface area contributed by atoms with E-state index >= 15 is 0 Å². The minimum Gasteiger partial charge on any atom is -0.396 e. The Bertz CT molecular complexity index is 558. The van der Waals surface area contributed by atoms with E-state index in [1.807, 2.05) is 41.8 Å². The lowest BCUT2D eigenvalue weighted by atomic mass is 10.1. The number of aliphatic hydroxyl groups excluding tert-OH is 1. The molecule has 0 aliphatic carbocycles. The number of benzene rings is 1. The highest BCUT2D eigenvalue weighted by Gasteiger charge is 2.11. The fraction of sp³-hybridized carbons (Fsp3) is 0.609. The smallest absolute Gasteiger partial charge is 0.126 e. The number of unbranched alkanes of at least 4 members (excludes halogenated alkanes) is 2. The van der Waals surface area contributed by atoms with Gasteiger partial charge in [-0.2, -0.15) is 0 Å². The number of rotatable bonds is 6. The van der Waals surface area contributed by atoms with Crippen LogP contribution in [-0.2, 0) is 7.05 Å². The van der Waals surface area contributed by atoms with Crippen molar-refractivity contribution in [2.24, 2.45) is 7.05 Å². The van der Waals surface area contributed by atoms with Crippen molar-refractivity contribution in [3.63, 3.8) is 0 Å². The van der Waals surface area contributed by atoms with Crippen molar-refractivity contribution >= 4 is 0 Å². The number of imidazole rings is 1. The zero-order chi connectivity index (χ0) is 21.2. The Hall–Kier alpha value is -1.65. The van der Waals surface area contributed by atoms with Gasteiger partial charge in [0.2, 0.25) is 0 Å². The predicted molar refractivity (Wildman–Crippen MR) is 120 cm³/mol. The Morgan fingerprint density at radius 3 is 2.04 bits per heavy atom. The summed E-state index contributed by atoms with van der Waals surface area (Å²) in [6, 6.07) is 8.73. The number of hydrogen-bond acceptors (Lipinski definition) is 3. The lowest BCUT2D eigenvalue weighted by molar-refractivity contribution is 0.284. The summed E-state index contributed by atoms with van der Waals surface area (Å²) in [5.74, 6) is 1.06. The molecule has 2 rings (SSSR count). The zero-order valence-electron chi connectivity index (χ0n) is 19.1. The molecule has 0 radical (unpaired) electrons. The Labute approximate surface area is 168 Å². The average Bonchev–Trinajstić information content (AvgIpc) is 3.11. The molecule has 0 aliphatic rings. The van der Waals surface area contributed by atoms with E-state index in [2.05, 4.69) is 66.1 Å². The van der Waals surface area contributed by atoms with Crippen LogP contribution in [-0.4, -0.2) is 28.3 Å². The highest BCUT2D eigenvalue weighted by atomic mass is 16.2. The molecule has 2 aromatic rings. The van der Waals surface area contributed by atoms with Gasteiger partial charge in [0.15, 0.2) is 0 Å². The van der Waals surface area contributed by atoms with E-state index in [9.17, 15) is 0 Å². The van der Waals surface area contributed by atoms with Gasteiger partial charge in [-0.05, 0) is 27.3 Å². The van der Waals surface area contributed by atoms with Crippen molar-refractivity contribution < 1.29 is 5.11 Å². The number of aliphatic hydroxyl groups is 1. The minimum atomic E-state index is 0.263. The normalized spacial score (nSPS) is 10.4. The Kier molecular flexibility index (Phi) is 18.1. The van der Waals surface area contributed by atoms with Crippen molar-refractivity contribution in [3.05, 3.63) is 41.9 Å². The number of aryl methyl sites for hydroxylation is 2. The number of nitrogens with zero attached hydrogens (tertiary/aromatic N) is 2. The van der Waals surface area contributed by atoms with Crippen molar-refractivity contribution in [2.45, 2.75) is 73.8 Å². The summed E-state index contributed by atoms with van der Waals surface area (Å²) >= 11 is 0. The van der Waals surface area contributed by atoms with E-state index in [0.717, 1.165) is 24.4 Å². The van der Waals surface area contributed by atoms with E-state index in [-0.39, 0.29) is 6.04 Å². The molecular formula is C23H43N3O. The highest BCUT2D eigenvalue weighted by Crippen LogP contribution is 2.21. The zero-order valence-corrected chi connectivity index (χ0v) is 19.1. The monoisotopic (exact) mass is 377 g/mol. The highest BCUT2D eigenvalue weighted by molar-refractivity contribution is 5.59. The molecule has 2 N–H and O–H groups in total. The van der Waals surface area contributed by atoms with Crippen LogP contribution in [0.5, 0.6) is 0 Å². The topological polar surface area (TPSA) is 50.1 Å². The van der Waals surface area contributed by atoms with Crippen LogP contribution in [0.15, 0.2) is 30.5 Å². The first-order valence-electron chi connectivity index (χ1n) is 10.4. The molecule has 1 heterocycles. The number of aromatic nitrogens is 2. The molecule has 0 bridgehead atoms. The second kappa shape index (κ2) is 17.7. The van der Waals surface area contributed by atoms with Gasteiger partial charge < -0.3 is 15.0 Å². The first-order chi connectivity index (χ1) is 13.0. The quantitative estimate of drug-likeness (QED) is 0.616. The molecule has 0 saturated carbocycles. The minimum absolute atomic E-state index is 0.263. The van der Waals surface area contributed by atoms with Crippen LogP contribution in [0.25, 0.3) is 11.3 Å². The summed E-state index contributed by atoms with van der Waals surface area (Å²) in [7, 11) is 3.98. The third-order valence-corrected chi connectivity index (χ3v) is 3.84. The Morgan fingerprint density at radius 1 is 1.07 bits per heavy atom.